The van der Waals surface area contributed by atoms with E-state index < -0.39 is 0 Å². The lowest BCUT2D eigenvalue weighted by Gasteiger charge is -2.30. The minimum Gasteiger partial charge on any atom is -0.486 e. The molecule has 0 saturated heterocycles. The molecule has 0 fully saturated rings. The Morgan fingerprint density at radius 1 is 1.10 bits per heavy atom. The first kappa shape index (κ1) is 14.2. The van der Waals surface area contributed by atoms with Gasteiger partial charge in [0.25, 0.3) is 0 Å². The molecule has 2 unspecified atom stereocenters. The number of hydrogen-bond acceptors (Lipinski definition) is 2. The van der Waals surface area contributed by atoms with E-state index in [1.165, 1.54) is 0 Å². The summed E-state index contributed by atoms with van der Waals surface area (Å²) in [5.74, 6) is 1.50. The number of ether oxygens (including phenoxy) is 2. The van der Waals surface area contributed by atoms with Crippen molar-refractivity contribution < 1.29 is 9.47 Å². The van der Waals surface area contributed by atoms with Crippen molar-refractivity contribution in [3.05, 3.63) is 57.0 Å². The predicted octanol–water partition coefficient (Wildman–Crippen LogP) is 5.33. The summed E-state index contributed by atoms with van der Waals surface area (Å²) in [5.41, 5.74) is 0.981. The highest BCUT2D eigenvalue weighted by atomic mass is 79.9. The minimum atomic E-state index is -0.296. The van der Waals surface area contributed by atoms with E-state index in [9.17, 15) is 0 Å². The monoisotopic (exact) mass is 416 g/mol. The van der Waals surface area contributed by atoms with Crippen molar-refractivity contribution in [3.8, 4) is 11.5 Å². The number of alkyl halides is 1. The molecule has 0 saturated carbocycles. The van der Waals surface area contributed by atoms with Crippen molar-refractivity contribution in [1.29, 1.82) is 0 Å². The van der Waals surface area contributed by atoms with Gasteiger partial charge >= 0.3 is 0 Å². The van der Waals surface area contributed by atoms with Crippen LogP contribution < -0.4 is 9.47 Å². The quantitative estimate of drug-likeness (QED) is 0.614. The molecule has 1 heterocycles. The van der Waals surface area contributed by atoms with Gasteiger partial charge in [0.15, 0.2) is 17.6 Å². The Hall–Kier alpha value is -0.710. The van der Waals surface area contributed by atoms with Crippen LogP contribution in [0.1, 0.15) is 10.9 Å². The minimum absolute atomic E-state index is 0.225. The van der Waals surface area contributed by atoms with Crippen LogP contribution in [-0.4, -0.2) is 12.7 Å². The highest BCUT2D eigenvalue weighted by Crippen LogP contribution is 2.39. The lowest BCUT2D eigenvalue weighted by Crippen LogP contribution is -2.32. The van der Waals surface area contributed by atoms with E-state index in [2.05, 4.69) is 31.9 Å². The Kier molecular flexibility index (Phi) is 4.24. The summed E-state index contributed by atoms with van der Waals surface area (Å²) in [4.78, 5) is 0. The molecule has 2 aromatic carbocycles. The Morgan fingerprint density at radius 3 is 2.65 bits per heavy atom. The summed E-state index contributed by atoms with van der Waals surface area (Å²) in [5, 5.41) is -0.296. The summed E-state index contributed by atoms with van der Waals surface area (Å²) < 4.78 is 13.6. The van der Waals surface area contributed by atoms with Crippen molar-refractivity contribution in [2.24, 2.45) is 0 Å². The molecule has 2 nitrogen and oxygen atoms in total. The van der Waals surface area contributed by atoms with E-state index in [0.717, 1.165) is 26.0 Å². The molecular weight excluding hydrogens is 407 g/mol. The Labute approximate surface area is 139 Å². The molecule has 20 heavy (non-hydrogen) atoms. The predicted molar refractivity (Wildman–Crippen MR) is 86.8 cm³/mol. The maximum absolute atomic E-state index is 6.57. The Morgan fingerprint density at radius 2 is 1.85 bits per heavy atom. The molecule has 0 aliphatic carbocycles. The number of rotatable bonds is 2. The van der Waals surface area contributed by atoms with Crippen LogP contribution >= 0.6 is 43.5 Å². The average molecular weight is 419 g/mol. The zero-order chi connectivity index (χ0) is 14.1. The Bertz CT molecular complexity index is 633. The van der Waals surface area contributed by atoms with Gasteiger partial charge in [-0.1, -0.05) is 44.0 Å². The molecule has 0 N–H and O–H groups in total. The molecule has 1 aliphatic heterocycles. The number of para-hydroxylation sites is 2. The van der Waals surface area contributed by atoms with Gasteiger partial charge in [0.05, 0.1) is 5.38 Å². The molecule has 0 radical (unpaired) electrons. The second kappa shape index (κ2) is 5.96. The molecule has 5 heteroatoms. The SMILES string of the molecule is ClC(c1cc(Br)ccc1Br)C1COc2ccccc2O1. The number of halogens is 3. The van der Waals surface area contributed by atoms with Gasteiger partial charge < -0.3 is 9.47 Å². The number of fused-ring (bicyclic) bond motifs is 1. The van der Waals surface area contributed by atoms with Gasteiger partial charge in [-0.2, -0.15) is 0 Å². The fourth-order valence-corrected chi connectivity index (χ4v) is 3.41. The molecule has 1 aliphatic rings. The third-order valence-corrected chi connectivity index (χ3v) is 4.84. The number of hydrogen-bond donors (Lipinski definition) is 0. The van der Waals surface area contributed by atoms with Crippen LogP contribution in [0, 0.1) is 0 Å². The van der Waals surface area contributed by atoms with E-state index >= 15 is 0 Å². The molecule has 0 aromatic heterocycles. The summed E-state index contributed by atoms with van der Waals surface area (Å²) in [7, 11) is 0. The molecule has 2 aromatic rings. The molecule has 2 atom stereocenters. The van der Waals surface area contributed by atoms with Gasteiger partial charge in [-0.3, -0.25) is 0 Å². The van der Waals surface area contributed by atoms with E-state index in [1.54, 1.807) is 0 Å². The van der Waals surface area contributed by atoms with Gasteiger partial charge in [-0.15, -0.1) is 11.6 Å². The van der Waals surface area contributed by atoms with E-state index in [4.69, 9.17) is 21.1 Å². The van der Waals surface area contributed by atoms with E-state index in [0.29, 0.717) is 6.61 Å². The first-order chi connectivity index (χ1) is 9.65. The summed E-state index contributed by atoms with van der Waals surface area (Å²) in [6.07, 6.45) is -0.225. The first-order valence-corrected chi connectivity index (χ1v) is 8.15. The third-order valence-electron chi connectivity index (χ3n) is 3.11. The van der Waals surface area contributed by atoms with E-state index in [-0.39, 0.29) is 11.5 Å². The topological polar surface area (TPSA) is 18.5 Å². The van der Waals surface area contributed by atoms with Gasteiger partial charge in [0.1, 0.15) is 6.61 Å². The molecular formula is C15H11Br2ClO2. The van der Waals surface area contributed by atoms with Crippen molar-refractivity contribution >= 4 is 43.5 Å². The largest absolute Gasteiger partial charge is 0.486 e. The maximum Gasteiger partial charge on any atom is 0.161 e. The Balaban J connectivity index is 1.85. The van der Waals surface area contributed by atoms with Gasteiger partial charge in [0.2, 0.25) is 0 Å². The van der Waals surface area contributed by atoms with Crippen LogP contribution in [0.2, 0.25) is 0 Å². The van der Waals surface area contributed by atoms with Crippen LogP contribution in [-0.2, 0) is 0 Å². The second-order valence-electron chi connectivity index (χ2n) is 4.48. The average Bonchev–Trinajstić information content (AvgIpc) is 2.48. The standard InChI is InChI=1S/C15H11Br2ClO2/c16-9-5-6-11(17)10(7-9)15(18)14-8-19-12-3-1-2-4-13(12)20-14/h1-7,14-15H,8H2. The highest BCUT2D eigenvalue weighted by molar-refractivity contribution is 9.11. The summed E-state index contributed by atoms with van der Waals surface area (Å²) in [6, 6.07) is 13.5. The maximum atomic E-state index is 6.57. The van der Waals surface area contributed by atoms with Crippen LogP contribution in [0.5, 0.6) is 11.5 Å². The zero-order valence-electron chi connectivity index (χ0n) is 10.4. The molecule has 3 rings (SSSR count). The van der Waals surface area contributed by atoms with Crippen LogP contribution in [0.3, 0.4) is 0 Å². The highest BCUT2D eigenvalue weighted by Gasteiger charge is 2.29. The van der Waals surface area contributed by atoms with Crippen molar-refractivity contribution in [3.63, 3.8) is 0 Å². The summed E-state index contributed by atoms with van der Waals surface area (Å²) in [6.45, 7) is 0.435. The molecule has 0 amide bonds. The molecule has 104 valence electrons. The molecule has 0 bridgehead atoms. The normalized spacial score (nSPS) is 18.6. The van der Waals surface area contributed by atoms with Gasteiger partial charge in [0, 0.05) is 8.95 Å². The van der Waals surface area contributed by atoms with Crippen LogP contribution in [0.15, 0.2) is 51.4 Å². The number of benzene rings is 2. The lowest BCUT2D eigenvalue weighted by atomic mass is 10.1. The second-order valence-corrected chi connectivity index (χ2v) is 6.72. The zero-order valence-corrected chi connectivity index (χ0v) is 14.3. The van der Waals surface area contributed by atoms with Crippen molar-refractivity contribution in [2.45, 2.75) is 11.5 Å². The van der Waals surface area contributed by atoms with Crippen LogP contribution in [0.25, 0.3) is 0 Å². The first-order valence-electron chi connectivity index (χ1n) is 6.12. The lowest BCUT2D eigenvalue weighted by molar-refractivity contribution is 0.0876. The van der Waals surface area contributed by atoms with Gasteiger partial charge in [-0.05, 0) is 35.9 Å². The fourth-order valence-electron chi connectivity index (χ4n) is 2.11. The van der Waals surface area contributed by atoms with Crippen molar-refractivity contribution in [2.75, 3.05) is 6.61 Å². The fraction of sp³-hybridized carbons (Fsp3) is 0.200. The van der Waals surface area contributed by atoms with E-state index in [1.807, 2.05) is 42.5 Å². The molecule has 0 spiro atoms. The smallest absolute Gasteiger partial charge is 0.161 e. The third kappa shape index (κ3) is 2.83. The van der Waals surface area contributed by atoms with Gasteiger partial charge in [-0.25, -0.2) is 0 Å². The van der Waals surface area contributed by atoms with Crippen LogP contribution in [0.4, 0.5) is 0 Å². The summed E-state index contributed by atoms with van der Waals surface area (Å²) >= 11 is 13.6. The van der Waals surface area contributed by atoms with Crippen molar-refractivity contribution in [1.82, 2.24) is 0 Å².